The molecule has 53 heavy (non-hydrogen) atoms. The lowest BCUT2D eigenvalue weighted by Crippen LogP contribution is -2.63. The van der Waals surface area contributed by atoms with E-state index in [0.29, 0.717) is 59.1 Å². The maximum Gasteiger partial charge on any atom is 0.184 e. The second-order valence-corrected chi connectivity index (χ2v) is 15.1. The van der Waals surface area contributed by atoms with Gasteiger partial charge in [0, 0.05) is 28.9 Å². The number of ketones is 1. The molecule has 1 saturated carbocycles. The third-order valence-electron chi connectivity index (χ3n) is 10.6. The minimum atomic E-state index is -0.880. The molecule has 2 heterocycles. The van der Waals surface area contributed by atoms with Gasteiger partial charge in [-0.1, -0.05) is 42.9 Å². The first kappa shape index (κ1) is 37.6. The first-order valence-electron chi connectivity index (χ1n) is 17.8. The number of carbonyl (C=O) groups excluding carboxylic acids is 1. The van der Waals surface area contributed by atoms with Crippen molar-refractivity contribution in [1.29, 1.82) is 0 Å². The number of hydrogen-bond donors (Lipinski definition) is 3. The fourth-order valence-corrected chi connectivity index (χ4v) is 7.63. The van der Waals surface area contributed by atoms with Crippen LogP contribution in [0.5, 0.6) is 28.7 Å². The van der Waals surface area contributed by atoms with Crippen LogP contribution in [0.3, 0.4) is 0 Å². The highest BCUT2D eigenvalue weighted by molar-refractivity contribution is 5.95. The van der Waals surface area contributed by atoms with Crippen molar-refractivity contribution >= 4 is 17.9 Å². The van der Waals surface area contributed by atoms with E-state index in [1.165, 1.54) is 4.68 Å². The number of rotatable bonds is 12. The third kappa shape index (κ3) is 7.96. The van der Waals surface area contributed by atoms with E-state index >= 15 is 0 Å². The molecule has 1 aliphatic heterocycles. The van der Waals surface area contributed by atoms with E-state index < -0.39 is 23.2 Å². The Labute approximate surface area is 310 Å². The third-order valence-corrected chi connectivity index (χ3v) is 10.6. The average molecular weight is 724 g/mol. The van der Waals surface area contributed by atoms with Crippen molar-refractivity contribution in [1.82, 2.24) is 15.0 Å². The smallest absolute Gasteiger partial charge is 0.184 e. The van der Waals surface area contributed by atoms with Crippen LogP contribution in [-0.4, -0.2) is 68.1 Å². The Balaban J connectivity index is 1.22. The number of phenols is 1. The van der Waals surface area contributed by atoms with Gasteiger partial charge in [0.2, 0.25) is 0 Å². The number of nitrogens with zero attached hydrogens (tertiary/aromatic N) is 3. The molecule has 1 fully saturated rings. The number of allylic oxidation sites excluding steroid dienone is 2. The summed E-state index contributed by atoms with van der Waals surface area (Å²) in [6.07, 6.45) is 7.26. The topological polar surface area (TPSA) is 145 Å². The van der Waals surface area contributed by atoms with Crippen molar-refractivity contribution in [3.05, 3.63) is 99.9 Å². The van der Waals surface area contributed by atoms with Crippen LogP contribution in [-0.2, 0) is 26.0 Å². The summed E-state index contributed by atoms with van der Waals surface area (Å²) in [5.74, 6) is 2.37. The molecule has 11 heteroatoms. The highest BCUT2D eigenvalue weighted by Gasteiger charge is 2.58. The number of phenolic OH excluding ortho intramolecular Hbond substituents is 1. The molecule has 1 aliphatic carbocycles. The molecule has 0 unspecified atom stereocenters. The molecule has 0 radical (unpaired) electrons. The predicted octanol–water partition coefficient (Wildman–Crippen LogP) is 6.60. The fourth-order valence-electron chi connectivity index (χ4n) is 7.63. The van der Waals surface area contributed by atoms with E-state index in [9.17, 15) is 20.1 Å². The quantitative estimate of drug-likeness (QED) is 0.0830. The van der Waals surface area contributed by atoms with E-state index in [-0.39, 0.29) is 30.6 Å². The number of fused-ring (bicyclic) bond motifs is 2. The zero-order chi connectivity index (χ0) is 38.1. The average Bonchev–Trinajstić information content (AvgIpc) is 3.57. The molecular formula is C42H49N3O8. The number of hydrogen-bond acceptors (Lipinski definition) is 10. The van der Waals surface area contributed by atoms with Gasteiger partial charge in [-0.05, 0) is 98.8 Å². The SMILES string of the molecule is COc1ccc(C(=O)Cn2cc(COc3cc(/C=C/c4cc5c(c(OC)c4)O[C@]4(C)C[C@@H](O)[C@@H](O)C(C)(C)[C@H]4C5)cc(O)c3CC=C(C)C)nn2)cc1. The van der Waals surface area contributed by atoms with Gasteiger partial charge in [-0.3, -0.25) is 4.79 Å². The van der Waals surface area contributed by atoms with Gasteiger partial charge in [-0.15, -0.1) is 5.10 Å². The number of carbonyl (C=O) groups is 1. The minimum Gasteiger partial charge on any atom is -0.507 e. The van der Waals surface area contributed by atoms with Crippen LogP contribution in [0.2, 0.25) is 0 Å². The normalized spacial score (nSPS) is 21.6. The van der Waals surface area contributed by atoms with Crippen LogP contribution in [0.1, 0.15) is 79.3 Å². The molecular weight excluding hydrogens is 674 g/mol. The van der Waals surface area contributed by atoms with Gasteiger partial charge >= 0.3 is 0 Å². The number of aliphatic hydroxyl groups excluding tert-OH is 2. The molecule has 0 spiro atoms. The number of methoxy groups -OCH3 is 2. The van der Waals surface area contributed by atoms with Crippen LogP contribution in [0.15, 0.2) is 66.4 Å². The molecule has 0 saturated heterocycles. The fraction of sp³-hybridized carbons (Fsp3) is 0.405. The lowest BCUT2D eigenvalue weighted by Gasteiger charge is -2.56. The van der Waals surface area contributed by atoms with Crippen molar-refractivity contribution in [2.45, 2.75) is 84.8 Å². The Kier molecular flexibility index (Phi) is 10.7. The molecule has 0 bridgehead atoms. The second-order valence-electron chi connectivity index (χ2n) is 15.1. The Morgan fingerprint density at radius 2 is 1.70 bits per heavy atom. The Bertz CT molecular complexity index is 2030. The van der Waals surface area contributed by atoms with Gasteiger partial charge < -0.3 is 34.3 Å². The summed E-state index contributed by atoms with van der Waals surface area (Å²) in [4.78, 5) is 12.8. The van der Waals surface area contributed by atoms with Crippen molar-refractivity contribution < 1.29 is 39.1 Å². The Hall–Kier alpha value is -5.13. The molecule has 0 amide bonds. The summed E-state index contributed by atoms with van der Waals surface area (Å²) < 4.78 is 25.3. The van der Waals surface area contributed by atoms with Gasteiger partial charge in [-0.2, -0.15) is 0 Å². The maximum atomic E-state index is 12.8. The minimum absolute atomic E-state index is 0.0225. The highest BCUT2D eigenvalue weighted by Crippen LogP contribution is 2.55. The number of aliphatic hydroxyl groups is 2. The van der Waals surface area contributed by atoms with E-state index in [0.717, 1.165) is 22.3 Å². The molecule has 4 aromatic rings. The van der Waals surface area contributed by atoms with Crippen molar-refractivity contribution in [2.24, 2.45) is 11.3 Å². The summed E-state index contributed by atoms with van der Waals surface area (Å²) >= 11 is 0. The van der Waals surface area contributed by atoms with Crippen LogP contribution >= 0.6 is 0 Å². The molecule has 3 aromatic carbocycles. The summed E-state index contributed by atoms with van der Waals surface area (Å²) in [5, 5.41) is 41.1. The monoisotopic (exact) mass is 723 g/mol. The molecule has 3 N–H and O–H groups in total. The van der Waals surface area contributed by atoms with Crippen LogP contribution < -0.4 is 18.9 Å². The summed E-state index contributed by atoms with van der Waals surface area (Å²) in [5.41, 5.74) is 4.14. The molecule has 11 nitrogen and oxygen atoms in total. The first-order chi connectivity index (χ1) is 25.2. The standard InChI is InChI=1S/C42H49N3O8/c1-25(2)8-15-32-33(46)17-27(18-36(32)52-24-30-22-45(44-43-30)23-35(48)28-11-13-31(50-6)14-12-28)10-9-26-16-29-20-38-41(3,4)40(49)34(47)21-42(38,5)53-39(29)37(19-26)51-7/h8-14,16-19,22,34,38,40,46-47,49H,15,20-21,23-24H2,1-7H3/b10-9+/t34-,38-,40-,42-/m1/s1. The van der Waals surface area contributed by atoms with Gasteiger partial charge in [0.15, 0.2) is 17.3 Å². The van der Waals surface area contributed by atoms with E-state index in [2.05, 4.69) is 16.4 Å². The Morgan fingerprint density at radius 3 is 2.38 bits per heavy atom. The summed E-state index contributed by atoms with van der Waals surface area (Å²) in [7, 11) is 3.18. The predicted molar refractivity (Wildman–Crippen MR) is 201 cm³/mol. The van der Waals surface area contributed by atoms with Crippen LogP contribution in [0, 0.1) is 11.3 Å². The number of ether oxygens (including phenoxy) is 4. The summed E-state index contributed by atoms with van der Waals surface area (Å²) in [6.45, 7) is 10.1. The first-order valence-corrected chi connectivity index (χ1v) is 17.8. The largest absolute Gasteiger partial charge is 0.507 e. The maximum absolute atomic E-state index is 12.8. The number of benzene rings is 3. The highest BCUT2D eigenvalue weighted by atomic mass is 16.5. The van der Waals surface area contributed by atoms with Crippen molar-refractivity contribution in [3.63, 3.8) is 0 Å². The van der Waals surface area contributed by atoms with E-state index in [1.807, 2.05) is 65.0 Å². The number of aromatic hydroxyl groups is 1. The zero-order valence-electron chi connectivity index (χ0n) is 31.4. The number of aromatic nitrogens is 3. The lowest BCUT2D eigenvalue weighted by molar-refractivity contribution is -0.187. The van der Waals surface area contributed by atoms with E-state index in [1.54, 1.807) is 50.7 Å². The van der Waals surface area contributed by atoms with Crippen LogP contribution in [0.4, 0.5) is 0 Å². The number of Topliss-reactive ketones (excluding diaryl/α,β-unsaturated/α-hetero) is 1. The van der Waals surface area contributed by atoms with E-state index in [4.69, 9.17) is 18.9 Å². The van der Waals surface area contributed by atoms with Gasteiger partial charge in [0.1, 0.15) is 41.7 Å². The zero-order valence-corrected chi connectivity index (χ0v) is 31.4. The summed E-state index contributed by atoms with van der Waals surface area (Å²) in [6, 6.07) is 14.5. The molecule has 280 valence electrons. The van der Waals surface area contributed by atoms with Crippen LogP contribution in [0.25, 0.3) is 12.2 Å². The van der Waals surface area contributed by atoms with Crippen molar-refractivity contribution in [3.8, 4) is 28.7 Å². The Morgan fingerprint density at radius 1 is 1.00 bits per heavy atom. The molecule has 2 aliphatic rings. The van der Waals surface area contributed by atoms with Gasteiger partial charge in [0.05, 0.1) is 32.6 Å². The molecule has 6 rings (SSSR count). The lowest BCUT2D eigenvalue weighted by atomic mass is 9.57. The second kappa shape index (κ2) is 15.1. The van der Waals surface area contributed by atoms with Gasteiger partial charge in [0.25, 0.3) is 0 Å². The van der Waals surface area contributed by atoms with Crippen molar-refractivity contribution in [2.75, 3.05) is 14.2 Å². The molecule has 1 aromatic heterocycles. The molecule has 4 atom stereocenters. The van der Waals surface area contributed by atoms with Gasteiger partial charge in [-0.25, -0.2) is 4.68 Å².